The van der Waals surface area contributed by atoms with Crippen LogP contribution < -0.4 is 0 Å². The highest BCUT2D eigenvalue weighted by Gasteiger charge is 2.53. The van der Waals surface area contributed by atoms with Crippen LogP contribution in [0.4, 0.5) is 0 Å². The molecule has 3 unspecified atom stereocenters. The predicted molar refractivity (Wildman–Crippen MR) is 138 cm³/mol. The van der Waals surface area contributed by atoms with Gasteiger partial charge in [-0.2, -0.15) is 0 Å². The summed E-state index contributed by atoms with van der Waals surface area (Å²) in [5, 5.41) is 22.0. The van der Waals surface area contributed by atoms with E-state index < -0.39 is 35.6 Å². The molecule has 7 atom stereocenters. The van der Waals surface area contributed by atoms with E-state index in [0.717, 1.165) is 30.5 Å². The van der Waals surface area contributed by atoms with Gasteiger partial charge in [-0.3, -0.25) is 14.6 Å². The molecule has 0 bridgehead atoms. The van der Waals surface area contributed by atoms with Gasteiger partial charge in [0.1, 0.15) is 11.9 Å². The molecule has 200 valence electrons. The highest BCUT2D eigenvalue weighted by Crippen LogP contribution is 2.45. The number of pyridine rings is 1. The lowest BCUT2D eigenvalue weighted by Crippen LogP contribution is -2.46. The van der Waals surface area contributed by atoms with Crippen molar-refractivity contribution >= 4 is 17.8 Å². The van der Waals surface area contributed by atoms with Crippen molar-refractivity contribution in [2.24, 2.45) is 17.3 Å². The fourth-order valence-electron chi connectivity index (χ4n) is 5.30. The summed E-state index contributed by atoms with van der Waals surface area (Å²) < 4.78 is 12.0. The zero-order valence-corrected chi connectivity index (χ0v) is 22.6. The van der Waals surface area contributed by atoms with Crippen LogP contribution in [0, 0.1) is 17.3 Å². The molecule has 0 saturated carbocycles. The van der Waals surface area contributed by atoms with Gasteiger partial charge in [0.25, 0.3) is 0 Å². The number of Topliss-reactive ketones (excluding diaryl/α,β-unsaturated/α-hetero) is 1. The van der Waals surface area contributed by atoms with Crippen LogP contribution in [0.5, 0.6) is 0 Å². The summed E-state index contributed by atoms with van der Waals surface area (Å²) in [6, 6.07) is 5.63. The molecule has 0 aromatic carbocycles. The lowest BCUT2D eigenvalue weighted by Gasteiger charge is -2.35. The molecule has 0 aliphatic carbocycles. The quantitative estimate of drug-likeness (QED) is 0.464. The second-order valence-corrected chi connectivity index (χ2v) is 11.5. The Hall–Kier alpha value is -2.09. The van der Waals surface area contributed by atoms with Crippen LogP contribution in [-0.2, 0) is 19.1 Å². The van der Waals surface area contributed by atoms with E-state index in [1.807, 2.05) is 45.0 Å². The van der Waals surface area contributed by atoms with Gasteiger partial charge in [0.15, 0.2) is 0 Å². The van der Waals surface area contributed by atoms with Crippen LogP contribution in [-0.4, -0.2) is 57.0 Å². The molecule has 7 nitrogen and oxygen atoms in total. The molecule has 3 rings (SSSR count). The van der Waals surface area contributed by atoms with Crippen molar-refractivity contribution in [2.45, 2.75) is 110 Å². The monoisotopic (exact) mass is 501 g/mol. The number of hydrogen-bond acceptors (Lipinski definition) is 7. The minimum atomic E-state index is -1.23. The number of carbonyl (C=O) groups excluding carboxylic acids is 2. The molecule has 0 amide bonds. The molecule has 0 spiro atoms. The number of ketones is 1. The third-order valence-electron chi connectivity index (χ3n) is 8.24. The van der Waals surface area contributed by atoms with Crippen LogP contribution in [0.1, 0.15) is 85.8 Å². The molecule has 1 aromatic heterocycles. The summed E-state index contributed by atoms with van der Waals surface area (Å²) in [4.78, 5) is 30.8. The van der Waals surface area contributed by atoms with Crippen LogP contribution in [0.2, 0.25) is 0 Å². The fourth-order valence-corrected chi connectivity index (χ4v) is 5.30. The Morgan fingerprint density at radius 3 is 2.58 bits per heavy atom. The summed E-state index contributed by atoms with van der Waals surface area (Å²) in [6.45, 7) is 11.1. The number of ether oxygens (including phenoxy) is 2. The van der Waals surface area contributed by atoms with Gasteiger partial charge >= 0.3 is 5.97 Å². The molecular weight excluding hydrogens is 458 g/mol. The van der Waals surface area contributed by atoms with E-state index in [-0.39, 0.29) is 29.8 Å². The summed E-state index contributed by atoms with van der Waals surface area (Å²) >= 11 is 0. The minimum absolute atomic E-state index is 0.0538. The van der Waals surface area contributed by atoms with E-state index in [2.05, 4.69) is 11.9 Å². The normalized spacial score (nSPS) is 36.6. The van der Waals surface area contributed by atoms with Crippen molar-refractivity contribution in [2.75, 3.05) is 0 Å². The van der Waals surface area contributed by atoms with Crippen LogP contribution in [0.25, 0.3) is 6.08 Å². The first-order valence-corrected chi connectivity index (χ1v) is 13.3. The number of aliphatic hydroxyl groups is 2. The summed E-state index contributed by atoms with van der Waals surface area (Å²) in [5.41, 5.74) is 0.0968. The van der Waals surface area contributed by atoms with Gasteiger partial charge < -0.3 is 19.7 Å². The molecular formula is C29H43NO6. The van der Waals surface area contributed by atoms with Gasteiger partial charge in [0.2, 0.25) is 0 Å². The fraction of sp³-hybridized carbons (Fsp3) is 0.690. The van der Waals surface area contributed by atoms with Crippen molar-refractivity contribution in [3.8, 4) is 0 Å². The standard InChI is InChI=1S/C29H43NO6/c1-7-21-26(33)18(2)11-10-13-29(6)24(36-29)16-22(19(3)15-20-12-8-9-14-30-20)35-25(32)17-23(31)28(4,5)27(21)34/h8-9,12,14-15,18,21-24,26,31,33H,7,10-11,13,16-17H2,1-6H3/t18-,21+,22?,23?,24?,26-,29+/m0/s1. The van der Waals surface area contributed by atoms with Gasteiger partial charge in [-0.05, 0) is 62.8 Å². The van der Waals surface area contributed by atoms with Gasteiger partial charge in [-0.25, -0.2) is 0 Å². The third-order valence-corrected chi connectivity index (χ3v) is 8.24. The number of epoxide rings is 1. The summed E-state index contributed by atoms with van der Waals surface area (Å²) in [5.74, 6) is -1.47. The first-order valence-electron chi connectivity index (χ1n) is 13.3. The van der Waals surface area contributed by atoms with E-state index >= 15 is 0 Å². The minimum Gasteiger partial charge on any atom is -0.458 e. The lowest BCUT2D eigenvalue weighted by molar-refractivity contribution is -0.154. The largest absolute Gasteiger partial charge is 0.458 e. The molecule has 2 saturated heterocycles. The average Bonchev–Trinajstić information content (AvgIpc) is 3.47. The Bertz CT molecular complexity index is 944. The number of aromatic nitrogens is 1. The van der Waals surface area contributed by atoms with Crippen LogP contribution >= 0.6 is 0 Å². The molecule has 36 heavy (non-hydrogen) atoms. The van der Waals surface area contributed by atoms with Gasteiger partial charge in [0.05, 0.1) is 41.4 Å². The first-order chi connectivity index (χ1) is 16.9. The van der Waals surface area contributed by atoms with Crippen LogP contribution in [0.15, 0.2) is 30.0 Å². The van der Waals surface area contributed by atoms with Gasteiger partial charge in [-0.15, -0.1) is 0 Å². The SMILES string of the molecule is CC[C@H]1C(=O)C(C)(C)C(O)CC(=O)OC(C(C)=Cc2ccccn2)CC2O[C@]2(C)CCC[C@H](C)[C@@H]1O. The maximum Gasteiger partial charge on any atom is 0.309 e. The number of hydrogen-bond donors (Lipinski definition) is 2. The Balaban J connectivity index is 1.87. The van der Waals surface area contributed by atoms with E-state index in [4.69, 9.17) is 9.47 Å². The zero-order valence-electron chi connectivity index (χ0n) is 22.6. The van der Waals surface area contributed by atoms with E-state index in [1.165, 1.54) is 0 Å². The summed E-state index contributed by atoms with van der Waals surface area (Å²) in [6.07, 6.45) is 4.11. The molecule has 2 aliphatic rings. The lowest BCUT2D eigenvalue weighted by atomic mass is 9.71. The predicted octanol–water partition coefficient (Wildman–Crippen LogP) is 4.50. The highest BCUT2D eigenvalue weighted by molar-refractivity contribution is 5.88. The molecule has 1 aromatic rings. The van der Waals surface area contributed by atoms with Gasteiger partial charge in [-0.1, -0.05) is 40.2 Å². The second-order valence-electron chi connectivity index (χ2n) is 11.5. The Labute approximate surface area is 215 Å². The maximum absolute atomic E-state index is 13.4. The van der Waals surface area contributed by atoms with E-state index in [1.54, 1.807) is 20.0 Å². The number of fused-ring (bicyclic) bond motifs is 1. The number of aliphatic hydroxyl groups excluding tert-OH is 2. The first kappa shape index (κ1) is 28.5. The van der Waals surface area contributed by atoms with Crippen molar-refractivity contribution in [1.29, 1.82) is 0 Å². The van der Waals surface area contributed by atoms with Crippen molar-refractivity contribution in [1.82, 2.24) is 4.98 Å². The molecule has 2 N–H and O–H groups in total. The topological polar surface area (TPSA) is 109 Å². The number of cyclic esters (lactones) is 1. The van der Waals surface area contributed by atoms with Crippen LogP contribution in [0.3, 0.4) is 0 Å². The zero-order chi connectivity index (χ0) is 26.7. The Morgan fingerprint density at radius 1 is 1.22 bits per heavy atom. The number of rotatable bonds is 3. The summed E-state index contributed by atoms with van der Waals surface area (Å²) in [7, 11) is 0. The Morgan fingerprint density at radius 2 is 1.94 bits per heavy atom. The van der Waals surface area contributed by atoms with Crippen molar-refractivity contribution in [3.05, 3.63) is 35.7 Å². The molecule has 7 heteroatoms. The third kappa shape index (κ3) is 6.61. The number of esters is 1. The van der Waals surface area contributed by atoms with E-state index in [0.29, 0.717) is 12.8 Å². The second kappa shape index (κ2) is 11.5. The number of carbonyl (C=O) groups is 2. The number of nitrogens with zero attached hydrogens (tertiary/aromatic N) is 1. The molecule has 3 heterocycles. The Kier molecular flexibility index (Phi) is 9.12. The molecule has 2 fully saturated rings. The smallest absolute Gasteiger partial charge is 0.309 e. The maximum atomic E-state index is 13.4. The molecule has 0 radical (unpaired) electrons. The van der Waals surface area contributed by atoms with Crippen molar-refractivity contribution < 1.29 is 29.3 Å². The average molecular weight is 502 g/mol. The highest BCUT2D eigenvalue weighted by atomic mass is 16.6. The van der Waals surface area contributed by atoms with Gasteiger partial charge in [0, 0.05) is 18.5 Å². The van der Waals surface area contributed by atoms with E-state index in [9.17, 15) is 19.8 Å². The van der Waals surface area contributed by atoms with Crippen molar-refractivity contribution in [3.63, 3.8) is 0 Å². The molecule has 2 aliphatic heterocycles.